The lowest BCUT2D eigenvalue weighted by Gasteiger charge is -2.23. The van der Waals surface area contributed by atoms with Crippen LogP contribution in [0.25, 0.3) is 6.08 Å². The Kier molecular flexibility index (Phi) is 5.89. The van der Waals surface area contributed by atoms with E-state index in [4.69, 9.17) is 4.42 Å². The molecule has 26 heavy (non-hydrogen) atoms. The highest BCUT2D eigenvalue weighted by Crippen LogP contribution is 2.18. The second kappa shape index (κ2) is 8.52. The number of furan rings is 1. The zero-order chi connectivity index (χ0) is 18.4. The average Bonchev–Trinajstić information content (AvgIpc) is 3.15. The molecular weight excluding hydrogens is 328 g/mol. The van der Waals surface area contributed by atoms with E-state index in [-0.39, 0.29) is 23.6 Å². The second-order valence-corrected chi connectivity index (χ2v) is 6.70. The molecule has 1 saturated carbocycles. The van der Waals surface area contributed by atoms with Crippen molar-refractivity contribution in [1.82, 2.24) is 10.6 Å². The molecule has 1 heterocycles. The van der Waals surface area contributed by atoms with E-state index in [2.05, 4.69) is 10.6 Å². The minimum Gasteiger partial charge on any atom is -0.465 e. The van der Waals surface area contributed by atoms with Gasteiger partial charge in [-0.05, 0) is 44.0 Å². The van der Waals surface area contributed by atoms with Crippen LogP contribution in [-0.2, 0) is 4.79 Å². The van der Waals surface area contributed by atoms with Crippen molar-refractivity contribution in [2.45, 2.75) is 45.1 Å². The van der Waals surface area contributed by atoms with Crippen LogP contribution in [0.4, 0.5) is 0 Å². The molecule has 0 atom stereocenters. The van der Waals surface area contributed by atoms with Crippen molar-refractivity contribution >= 4 is 17.9 Å². The van der Waals surface area contributed by atoms with E-state index in [0.717, 1.165) is 31.2 Å². The normalized spacial score (nSPS) is 15.5. The molecule has 1 aromatic carbocycles. The Morgan fingerprint density at radius 3 is 2.46 bits per heavy atom. The highest BCUT2D eigenvalue weighted by Gasteiger charge is 2.20. The fourth-order valence-corrected chi connectivity index (χ4v) is 3.08. The molecule has 1 fully saturated rings. The van der Waals surface area contributed by atoms with Crippen molar-refractivity contribution < 1.29 is 14.0 Å². The molecule has 2 N–H and O–H groups in total. The summed E-state index contributed by atoms with van der Waals surface area (Å²) >= 11 is 0. The molecule has 0 unspecified atom stereocenters. The van der Waals surface area contributed by atoms with E-state index in [1.807, 2.05) is 19.1 Å². The standard InChI is InChI=1S/C21H24N2O3/c1-15-9-11-16(12-10-15)20(24)23-19(14-18-8-5-13-26-18)21(25)22-17-6-3-2-4-7-17/h5,8-14,17H,2-4,6-7H2,1H3,(H,22,25)(H,23,24)/b19-14-. The van der Waals surface area contributed by atoms with Crippen molar-refractivity contribution in [3.05, 3.63) is 65.2 Å². The third kappa shape index (κ3) is 4.85. The molecule has 0 saturated heterocycles. The fourth-order valence-electron chi connectivity index (χ4n) is 3.08. The molecule has 2 amide bonds. The van der Waals surface area contributed by atoms with Gasteiger partial charge in [-0.2, -0.15) is 0 Å². The summed E-state index contributed by atoms with van der Waals surface area (Å²) in [5.74, 6) is -0.0848. The van der Waals surface area contributed by atoms with Gasteiger partial charge in [0.1, 0.15) is 11.5 Å². The maximum atomic E-state index is 12.7. The third-order valence-corrected chi connectivity index (χ3v) is 4.58. The summed E-state index contributed by atoms with van der Waals surface area (Å²) < 4.78 is 5.30. The molecule has 1 aromatic heterocycles. The van der Waals surface area contributed by atoms with Crippen LogP contribution < -0.4 is 10.6 Å². The first kappa shape index (κ1) is 18.0. The fraction of sp³-hybridized carbons (Fsp3) is 0.333. The van der Waals surface area contributed by atoms with E-state index in [0.29, 0.717) is 11.3 Å². The quantitative estimate of drug-likeness (QED) is 0.804. The molecule has 1 aliphatic rings. The number of amides is 2. The van der Waals surface area contributed by atoms with Crippen molar-refractivity contribution in [2.75, 3.05) is 0 Å². The smallest absolute Gasteiger partial charge is 0.268 e. The Hall–Kier alpha value is -2.82. The summed E-state index contributed by atoms with van der Waals surface area (Å²) in [6.07, 6.45) is 8.51. The van der Waals surface area contributed by atoms with Crippen LogP contribution in [0.5, 0.6) is 0 Å². The highest BCUT2D eigenvalue weighted by atomic mass is 16.3. The lowest BCUT2D eigenvalue weighted by atomic mass is 9.95. The lowest BCUT2D eigenvalue weighted by Crippen LogP contribution is -2.41. The topological polar surface area (TPSA) is 71.3 Å². The maximum Gasteiger partial charge on any atom is 0.268 e. The summed E-state index contributed by atoms with van der Waals surface area (Å²) in [5.41, 5.74) is 1.77. The van der Waals surface area contributed by atoms with E-state index >= 15 is 0 Å². The predicted octanol–water partition coefficient (Wildman–Crippen LogP) is 3.81. The van der Waals surface area contributed by atoms with Gasteiger partial charge in [0, 0.05) is 17.7 Å². The first-order chi connectivity index (χ1) is 12.6. The minimum absolute atomic E-state index is 0.160. The number of hydrogen-bond acceptors (Lipinski definition) is 3. The van der Waals surface area contributed by atoms with Crippen molar-refractivity contribution in [3.8, 4) is 0 Å². The molecule has 0 bridgehead atoms. The monoisotopic (exact) mass is 352 g/mol. The van der Waals surface area contributed by atoms with Crippen LogP contribution in [-0.4, -0.2) is 17.9 Å². The molecule has 5 nitrogen and oxygen atoms in total. The first-order valence-electron chi connectivity index (χ1n) is 9.06. The zero-order valence-corrected chi connectivity index (χ0v) is 15.0. The van der Waals surface area contributed by atoms with Gasteiger partial charge in [0.25, 0.3) is 11.8 Å². The molecule has 0 spiro atoms. The van der Waals surface area contributed by atoms with E-state index in [1.165, 1.54) is 12.7 Å². The van der Waals surface area contributed by atoms with Gasteiger partial charge < -0.3 is 15.1 Å². The van der Waals surface area contributed by atoms with Crippen LogP contribution in [0, 0.1) is 6.92 Å². The molecule has 0 aliphatic heterocycles. The number of aryl methyl sites for hydroxylation is 1. The van der Waals surface area contributed by atoms with Crippen LogP contribution in [0.1, 0.15) is 53.8 Å². The molecule has 0 radical (unpaired) electrons. The summed E-state index contributed by atoms with van der Waals surface area (Å²) in [5, 5.41) is 5.76. The number of rotatable bonds is 5. The van der Waals surface area contributed by atoms with Gasteiger partial charge in [-0.3, -0.25) is 9.59 Å². The Balaban J connectivity index is 1.75. The number of carbonyl (C=O) groups excluding carboxylic acids is 2. The van der Waals surface area contributed by atoms with Crippen molar-refractivity contribution in [1.29, 1.82) is 0 Å². The SMILES string of the molecule is Cc1ccc(C(=O)N/C(=C\c2ccco2)C(=O)NC2CCCCC2)cc1. The minimum atomic E-state index is -0.318. The van der Waals surface area contributed by atoms with Crippen LogP contribution in [0.2, 0.25) is 0 Å². The zero-order valence-electron chi connectivity index (χ0n) is 15.0. The number of benzene rings is 1. The van der Waals surface area contributed by atoms with Gasteiger partial charge in [-0.25, -0.2) is 0 Å². The number of hydrogen-bond donors (Lipinski definition) is 2. The van der Waals surface area contributed by atoms with Gasteiger partial charge in [0.2, 0.25) is 0 Å². The van der Waals surface area contributed by atoms with Gasteiger partial charge >= 0.3 is 0 Å². The van der Waals surface area contributed by atoms with Gasteiger partial charge in [0.05, 0.1) is 6.26 Å². The Labute approximate surface area is 153 Å². The molecule has 136 valence electrons. The summed E-state index contributed by atoms with van der Waals surface area (Å²) in [7, 11) is 0. The second-order valence-electron chi connectivity index (χ2n) is 6.70. The van der Waals surface area contributed by atoms with Gasteiger partial charge in [-0.15, -0.1) is 0 Å². The van der Waals surface area contributed by atoms with Crippen LogP contribution in [0.15, 0.2) is 52.8 Å². The largest absolute Gasteiger partial charge is 0.465 e. The highest BCUT2D eigenvalue weighted by molar-refractivity contribution is 6.05. The van der Waals surface area contributed by atoms with Crippen LogP contribution in [0.3, 0.4) is 0 Å². The lowest BCUT2D eigenvalue weighted by molar-refractivity contribution is -0.118. The first-order valence-corrected chi connectivity index (χ1v) is 9.06. The average molecular weight is 352 g/mol. The van der Waals surface area contributed by atoms with E-state index < -0.39 is 0 Å². The molecule has 2 aromatic rings. The predicted molar refractivity (Wildman–Crippen MR) is 100 cm³/mol. The van der Waals surface area contributed by atoms with Gasteiger partial charge in [-0.1, -0.05) is 37.0 Å². The molecule has 3 rings (SSSR count). The van der Waals surface area contributed by atoms with E-state index in [9.17, 15) is 9.59 Å². The summed E-state index contributed by atoms with van der Waals surface area (Å²) in [6.45, 7) is 1.96. The summed E-state index contributed by atoms with van der Waals surface area (Å²) in [6, 6.07) is 10.9. The molecular formula is C21H24N2O3. The Bertz CT molecular complexity index is 770. The Morgan fingerprint density at radius 2 is 1.81 bits per heavy atom. The number of nitrogens with one attached hydrogen (secondary N) is 2. The van der Waals surface area contributed by atoms with Crippen LogP contribution >= 0.6 is 0 Å². The molecule has 1 aliphatic carbocycles. The third-order valence-electron chi connectivity index (χ3n) is 4.58. The summed E-state index contributed by atoms with van der Waals surface area (Å²) in [4.78, 5) is 25.3. The van der Waals surface area contributed by atoms with E-state index in [1.54, 1.807) is 30.3 Å². The Morgan fingerprint density at radius 1 is 1.08 bits per heavy atom. The molecule has 5 heteroatoms. The maximum absolute atomic E-state index is 12.7. The number of carbonyl (C=O) groups is 2. The van der Waals surface area contributed by atoms with Crippen molar-refractivity contribution in [2.24, 2.45) is 0 Å². The van der Waals surface area contributed by atoms with Gasteiger partial charge in [0.15, 0.2) is 0 Å². The van der Waals surface area contributed by atoms with Crippen molar-refractivity contribution in [3.63, 3.8) is 0 Å².